The zero-order chi connectivity index (χ0) is 16.3. The van der Waals surface area contributed by atoms with E-state index in [1.54, 1.807) is 11.9 Å². The molecule has 1 aliphatic rings. The number of amides is 2. The lowest BCUT2D eigenvalue weighted by Gasteiger charge is -2.30. The van der Waals surface area contributed by atoms with Crippen LogP contribution in [0.1, 0.15) is 18.5 Å². The Morgan fingerprint density at radius 1 is 1.41 bits per heavy atom. The maximum absolute atomic E-state index is 13.3. The molecule has 120 valence electrons. The van der Waals surface area contributed by atoms with E-state index in [9.17, 15) is 18.4 Å². The van der Waals surface area contributed by atoms with Gasteiger partial charge in [-0.15, -0.1) is 0 Å². The highest BCUT2D eigenvalue weighted by atomic mass is 19.2. The molecule has 5 nitrogen and oxygen atoms in total. The van der Waals surface area contributed by atoms with Crippen LogP contribution in [0, 0.1) is 11.6 Å². The van der Waals surface area contributed by atoms with E-state index in [1.807, 2.05) is 6.92 Å². The average Bonchev–Trinajstić information content (AvgIpc) is 2.49. The van der Waals surface area contributed by atoms with Gasteiger partial charge in [-0.2, -0.15) is 0 Å². The topological polar surface area (TPSA) is 52.7 Å². The first-order valence-electron chi connectivity index (χ1n) is 7.08. The van der Waals surface area contributed by atoms with Crippen LogP contribution in [0.4, 0.5) is 8.78 Å². The number of halogens is 2. The number of nitrogens with one attached hydrogen (secondary N) is 1. The SMILES string of the molecule is C[C@H](c1ccc(F)c(F)c1)N(C)CC(=O)N1CCNC(=O)C1. The van der Waals surface area contributed by atoms with Gasteiger partial charge in [-0.1, -0.05) is 6.07 Å². The van der Waals surface area contributed by atoms with Gasteiger partial charge in [0.25, 0.3) is 0 Å². The second-order valence-electron chi connectivity index (χ2n) is 5.43. The molecule has 0 spiro atoms. The van der Waals surface area contributed by atoms with Crippen LogP contribution in [-0.4, -0.2) is 54.8 Å². The molecule has 0 aliphatic carbocycles. The van der Waals surface area contributed by atoms with Gasteiger partial charge < -0.3 is 10.2 Å². The Labute approximate surface area is 127 Å². The Bertz CT molecular complexity index is 580. The van der Waals surface area contributed by atoms with Gasteiger partial charge in [0, 0.05) is 19.1 Å². The van der Waals surface area contributed by atoms with Gasteiger partial charge in [-0.3, -0.25) is 14.5 Å². The van der Waals surface area contributed by atoms with Crippen LogP contribution in [0.3, 0.4) is 0 Å². The zero-order valence-corrected chi connectivity index (χ0v) is 12.6. The molecule has 2 amide bonds. The first kappa shape index (κ1) is 16.4. The molecule has 1 aromatic carbocycles. The van der Waals surface area contributed by atoms with Crippen LogP contribution in [0.15, 0.2) is 18.2 Å². The molecule has 0 bridgehead atoms. The molecule has 2 rings (SSSR count). The summed E-state index contributed by atoms with van der Waals surface area (Å²) in [6.07, 6.45) is 0. The van der Waals surface area contributed by atoms with E-state index in [-0.39, 0.29) is 30.9 Å². The summed E-state index contributed by atoms with van der Waals surface area (Å²) < 4.78 is 26.3. The third kappa shape index (κ3) is 3.79. The van der Waals surface area contributed by atoms with E-state index in [2.05, 4.69) is 5.32 Å². The molecule has 7 heteroatoms. The lowest BCUT2D eigenvalue weighted by Crippen LogP contribution is -2.52. The Morgan fingerprint density at radius 2 is 2.14 bits per heavy atom. The van der Waals surface area contributed by atoms with Gasteiger partial charge in [-0.25, -0.2) is 8.78 Å². The number of rotatable bonds is 4. The quantitative estimate of drug-likeness (QED) is 0.899. The molecule has 1 N–H and O–H groups in total. The normalized spacial score (nSPS) is 16.6. The summed E-state index contributed by atoms with van der Waals surface area (Å²) in [4.78, 5) is 26.7. The van der Waals surface area contributed by atoms with Crippen molar-refractivity contribution in [1.82, 2.24) is 15.1 Å². The first-order chi connectivity index (χ1) is 10.4. The molecule has 22 heavy (non-hydrogen) atoms. The molecule has 1 atom stereocenters. The van der Waals surface area contributed by atoms with Gasteiger partial charge in [0.1, 0.15) is 0 Å². The van der Waals surface area contributed by atoms with Crippen LogP contribution in [0.2, 0.25) is 0 Å². The molecule has 0 saturated carbocycles. The number of nitrogens with zero attached hydrogens (tertiary/aromatic N) is 2. The molecule has 1 heterocycles. The third-order valence-corrected chi connectivity index (χ3v) is 3.86. The molecule has 0 radical (unpaired) electrons. The standard InChI is InChI=1S/C15H19F2N3O2/c1-10(11-3-4-12(16)13(17)7-11)19(2)9-15(22)20-6-5-18-14(21)8-20/h3-4,7,10H,5-6,8-9H2,1-2H3,(H,18,21)/t10-/m1/s1. The summed E-state index contributed by atoms with van der Waals surface area (Å²) in [5.41, 5.74) is 0.589. The van der Waals surface area contributed by atoms with E-state index in [1.165, 1.54) is 11.0 Å². The fourth-order valence-electron chi connectivity index (χ4n) is 2.33. The molecule has 0 aromatic heterocycles. The maximum atomic E-state index is 13.3. The highest BCUT2D eigenvalue weighted by Crippen LogP contribution is 2.20. The summed E-state index contributed by atoms with van der Waals surface area (Å²) in [7, 11) is 1.73. The lowest BCUT2D eigenvalue weighted by molar-refractivity contribution is -0.139. The average molecular weight is 311 g/mol. The highest BCUT2D eigenvalue weighted by Gasteiger charge is 2.23. The van der Waals surface area contributed by atoms with Crippen LogP contribution in [0.25, 0.3) is 0 Å². The van der Waals surface area contributed by atoms with Gasteiger partial charge in [-0.05, 0) is 31.7 Å². The Kier molecular flexibility index (Phi) is 5.07. The predicted octanol–water partition coefficient (Wildman–Crippen LogP) is 0.916. The van der Waals surface area contributed by atoms with Gasteiger partial charge in [0.2, 0.25) is 11.8 Å². The van der Waals surface area contributed by atoms with Crippen molar-refractivity contribution < 1.29 is 18.4 Å². The van der Waals surface area contributed by atoms with Gasteiger partial charge in [0.05, 0.1) is 13.1 Å². The molecule has 1 aromatic rings. The third-order valence-electron chi connectivity index (χ3n) is 3.86. The summed E-state index contributed by atoms with van der Waals surface area (Å²) in [6, 6.07) is 3.46. The molecule has 1 saturated heterocycles. The van der Waals surface area contributed by atoms with Crippen molar-refractivity contribution in [1.29, 1.82) is 0 Å². The van der Waals surface area contributed by atoms with E-state index in [0.29, 0.717) is 18.7 Å². The number of carbonyl (C=O) groups excluding carboxylic acids is 2. The highest BCUT2D eigenvalue weighted by molar-refractivity contribution is 5.86. The Morgan fingerprint density at radius 3 is 2.77 bits per heavy atom. The number of piperazine rings is 1. The van der Waals surface area contributed by atoms with Gasteiger partial charge in [0.15, 0.2) is 11.6 Å². The van der Waals surface area contributed by atoms with Crippen molar-refractivity contribution in [3.63, 3.8) is 0 Å². The molecular weight excluding hydrogens is 292 g/mol. The largest absolute Gasteiger partial charge is 0.353 e. The van der Waals surface area contributed by atoms with Crippen molar-refractivity contribution in [2.24, 2.45) is 0 Å². The molecule has 0 unspecified atom stereocenters. The number of hydrogen-bond donors (Lipinski definition) is 1. The summed E-state index contributed by atoms with van der Waals surface area (Å²) in [5, 5.41) is 2.66. The second-order valence-corrected chi connectivity index (χ2v) is 5.43. The number of benzene rings is 1. The minimum atomic E-state index is -0.906. The minimum Gasteiger partial charge on any atom is -0.353 e. The van der Waals surface area contributed by atoms with Crippen molar-refractivity contribution in [3.05, 3.63) is 35.4 Å². The number of carbonyl (C=O) groups is 2. The lowest BCUT2D eigenvalue weighted by atomic mass is 10.1. The Hall–Kier alpha value is -2.02. The second kappa shape index (κ2) is 6.83. The molecule has 1 fully saturated rings. The van der Waals surface area contributed by atoms with Crippen molar-refractivity contribution >= 4 is 11.8 Å². The van der Waals surface area contributed by atoms with E-state index in [4.69, 9.17) is 0 Å². The van der Waals surface area contributed by atoms with Crippen LogP contribution in [0.5, 0.6) is 0 Å². The Balaban J connectivity index is 1.98. The molecular formula is C15H19F2N3O2. The summed E-state index contributed by atoms with van der Waals surface area (Å²) in [6.45, 7) is 2.91. The van der Waals surface area contributed by atoms with E-state index < -0.39 is 11.6 Å². The summed E-state index contributed by atoms with van der Waals surface area (Å²) >= 11 is 0. The van der Waals surface area contributed by atoms with Crippen molar-refractivity contribution in [2.75, 3.05) is 33.2 Å². The van der Waals surface area contributed by atoms with Crippen LogP contribution < -0.4 is 5.32 Å². The smallest absolute Gasteiger partial charge is 0.239 e. The fourth-order valence-corrected chi connectivity index (χ4v) is 2.33. The number of likely N-dealkylation sites (N-methyl/N-ethyl adjacent to an activating group) is 1. The van der Waals surface area contributed by atoms with E-state index in [0.717, 1.165) is 12.1 Å². The number of hydrogen-bond acceptors (Lipinski definition) is 3. The molecule has 1 aliphatic heterocycles. The van der Waals surface area contributed by atoms with Gasteiger partial charge >= 0.3 is 0 Å². The van der Waals surface area contributed by atoms with Crippen LogP contribution >= 0.6 is 0 Å². The fraction of sp³-hybridized carbons (Fsp3) is 0.467. The van der Waals surface area contributed by atoms with E-state index >= 15 is 0 Å². The summed E-state index contributed by atoms with van der Waals surface area (Å²) in [5.74, 6) is -2.13. The van der Waals surface area contributed by atoms with Crippen molar-refractivity contribution in [3.8, 4) is 0 Å². The van der Waals surface area contributed by atoms with Crippen molar-refractivity contribution in [2.45, 2.75) is 13.0 Å². The predicted molar refractivity (Wildman–Crippen MR) is 77.0 cm³/mol. The first-order valence-corrected chi connectivity index (χ1v) is 7.08. The zero-order valence-electron chi connectivity index (χ0n) is 12.6. The minimum absolute atomic E-state index is 0.0617. The maximum Gasteiger partial charge on any atom is 0.239 e. The monoisotopic (exact) mass is 311 g/mol. The van der Waals surface area contributed by atoms with Crippen LogP contribution in [-0.2, 0) is 9.59 Å².